The van der Waals surface area contributed by atoms with Gasteiger partial charge in [0.1, 0.15) is 0 Å². The first-order valence-corrected chi connectivity index (χ1v) is 12.6. The van der Waals surface area contributed by atoms with E-state index in [4.69, 9.17) is 14.1 Å². The molecule has 1 atom stereocenters. The number of pyridine rings is 1. The van der Waals surface area contributed by atoms with Crippen LogP contribution in [0.4, 0.5) is 17.4 Å². The smallest absolute Gasteiger partial charge is 0.317 e. The highest BCUT2D eigenvalue weighted by molar-refractivity contribution is 9.10. The summed E-state index contributed by atoms with van der Waals surface area (Å²) in [4.78, 5) is 24.6. The molecule has 11 heteroatoms. The lowest BCUT2D eigenvalue weighted by Crippen LogP contribution is -2.36. The Balaban J connectivity index is 1.32. The van der Waals surface area contributed by atoms with Gasteiger partial charge in [-0.05, 0) is 28.1 Å². The fraction of sp³-hybridized carbons (Fsp3) is 0.192. The summed E-state index contributed by atoms with van der Waals surface area (Å²) in [6.45, 7) is 2.71. The van der Waals surface area contributed by atoms with Crippen molar-refractivity contribution in [2.45, 2.75) is 6.17 Å². The van der Waals surface area contributed by atoms with Crippen molar-refractivity contribution in [2.75, 3.05) is 41.8 Å². The van der Waals surface area contributed by atoms with Crippen LogP contribution >= 0.6 is 15.9 Å². The van der Waals surface area contributed by atoms with Crippen molar-refractivity contribution in [3.8, 4) is 11.6 Å². The summed E-state index contributed by atoms with van der Waals surface area (Å²) in [7, 11) is 0. The number of benzodiazepines with no additional fused rings is 1. The Hall–Kier alpha value is -4.09. The summed E-state index contributed by atoms with van der Waals surface area (Å²) in [5.41, 5.74) is 4.48. The molecular formula is C26H22BrN7O3. The summed E-state index contributed by atoms with van der Waals surface area (Å²) in [6.07, 6.45) is 0.690. The monoisotopic (exact) mass is 559 g/mol. The maximum atomic E-state index is 13.1. The Bertz CT molecular complexity index is 1470. The number of anilines is 3. The van der Waals surface area contributed by atoms with Crippen molar-refractivity contribution in [1.82, 2.24) is 15.2 Å². The van der Waals surface area contributed by atoms with Gasteiger partial charge in [-0.2, -0.15) is 0 Å². The molecule has 0 bridgehead atoms. The van der Waals surface area contributed by atoms with Crippen LogP contribution in [0.5, 0.6) is 0 Å². The number of halogens is 1. The number of hydrogen-bond acceptors (Lipinski definition) is 9. The highest BCUT2D eigenvalue weighted by atomic mass is 79.9. The number of amides is 1. The molecule has 2 N–H and O–H groups in total. The van der Waals surface area contributed by atoms with Crippen molar-refractivity contribution >= 4 is 44.9 Å². The normalized spacial score (nSPS) is 17.4. The Morgan fingerprint density at radius 1 is 1.03 bits per heavy atom. The van der Waals surface area contributed by atoms with Crippen molar-refractivity contribution in [2.24, 2.45) is 4.99 Å². The van der Waals surface area contributed by atoms with Gasteiger partial charge < -0.3 is 24.7 Å². The number of hydrogen-bond donors (Lipinski definition) is 2. The van der Waals surface area contributed by atoms with Crippen molar-refractivity contribution in [1.29, 1.82) is 0 Å². The topological polar surface area (TPSA) is 118 Å². The van der Waals surface area contributed by atoms with E-state index in [0.717, 1.165) is 34.4 Å². The highest BCUT2D eigenvalue weighted by Gasteiger charge is 2.28. The number of nitrogens with zero attached hydrogens (tertiary/aromatic N) is 5. The molecule has 1 fully saturated rings. The molecule has 2 aromatic carbocycles. The average molecular weight is 560 g/mol. The van der Waals surface area contributed by atoms with Crippen molar-refractivity contribution < 1.29 is 13.9 Å². The van der Waals surface area contributed by atoms with Crippen LogP contribution in [0.3, 0.4) is 0 Å². The third kappa shape index (κ3) is 4.83. The zero-order valence-electron chi connectivity index (χ0n) is 19.6. The molecule has 2 aliphatic rings. The second kappa shape index (κ2) is 10.1. The highest BCUT2D eigenvalue weighted by Crippen LogP contribution is 2.32. The van der Waals surface area contributed by atoms with E-state index in [-0.39, 0.29) is 17.8 Å². The molecule has 1 unspecified atom stereocenters. The number of benzene rings is 2. The predicted octanol–water partition coefficient (Wildman–Crippen LogP) is 3.96. The van der Waals surface area contributed by atoms with Crippen molar-refractivity contribution in [3.63, 3.8) is 0 Å². The quantitative estimate of drug-likeness (QED) is 0.377. The number of aromatic nitrogens is 3. The van der Waals surface area contributed by atoms with E-state index in [1.54, 1.807) is 6.20 Å². The van der Waals surface area contributed by atoms with Gasteiger partial charge >= 0.3 is 6.01 Å². The van der Waals surface area contributed by atoms with E-state index >= 15 is 0 Å². The molecule has 2 aliphatic heterocycles. The van der Waals surface area contributed by atoms with Crippen molar-refractivity contribution in [3.05, 3.63) is 82.5 Å². The van der Waals surface area contributed by atoms with Gasteiger partial charge in [0.05, 0.1) is 30.3 Å². The number of ether oxygens (including phenoxy) is 1. The van der Waals surface area contributed by atoms with Crippen LogP contribution < -0.4 is 15.5 Å². The molecule has 0 saturated carbocycles. The van der Waals surface area contributed by atoms with Crippen LogP contribution in [0.1, 0.15) is 11.1 Å². The van der Waals surface area contributed by atoms with Crippen LogP contribution in [0.15, 0.2) is 80.7 Å². The van der Waals surface area contributed by atoms with Crippen LogP contribution in [0, 0.1) is 0 Å². The zero-order chi connectivity index (χ0) is 25.2. The second-order valence-corrected chi connectivity index (χ2v) is 9.37. The minimum absolute atomic E-state index is 0.0647. The van der Waals surface area contributed by atoms with E-state index in [1.165, 1.54) is 0 Å². The van der Waals surface area contributed by atoms with E-state index in [1.807, 2.05) is 60.7 Å². The predicted molar refractivity (Wildman–Crippen MR) is 143 cm³/mol. The number of morpholine rings is 1. The lowest BCUT2D eigenvalue weighted by molar-refractivity contribution is -0.116. The van der Waals surface area contributed by atoms with Crippen LogP contribution in [-0.2, 0) is 9.53 Å². The fourth-order valence-electron chi connectivity index (χ4n) is 4.31. The molecule has 37 heavy (non-hydrogen) atoms. The maximum absolute atomic E-state index is 13.1. The zero-order valence-corrected chi connectivity index (χ0v) is 21.2. The Labute approximate surface area is 220 Å². The number of fused-ring (bicyclic) bond motifs is 1. The molecule has 0 radical (unpaired) electrons. The molecule has 4 aromatic rings. The van der Waals surface area contributed by atoms with Gasteiger partial charge in [0, 0.05) is 34.9 Å². The molecule has 2 aromatic heterocycles. The Kier molecular flexibility index (Phi) is 6.37. The van der Waals surface area contributed by atoms with Gasteiger partial charge in [0.25, 0.3) is 11.8 Å². The van der Waals surface area contributed by atoms with E-state index in [9.17, 15) is 4.79 Å². The summed E-state index contributed by atoms with van der Waals surface area (Å²) in [5, 5.41) is 14.3. The summed E-state index contributed by atoms with van der Waals surface area (Å²) < 4.78 is 12.3. The fourth-order valence-corrected chi connectivity index (χ4v) is 4.63. The largest absolute Gasteiger partial charge is 0.402 e. The van der Waals surface area contributed by atoms with Gasteiger partial charge in [-0.25, -0.2) is 9.98 Å². The van der Waals surface area contributed by atoms with Gasteiger partial charge in [-0.3, -0.25) is 4.79 Å². The van der Waals surface area contributed by atoms with Gasteiger partial charge in [-0.1, -0.05) is 53.6 Å². The van der Waals surface area contributed by atoms with Crippen LogP contribution in [0.2, 0.25) is 0 Å². The first-order valence-electron chi connectivity index (χ1n) is 11.8. The molecule has 186 valence electrons. The Morgan fingerprint density at radius 2 is 1.81 bits per heavy atom. The molecule has 4 heterocycles. The minimum atomic E-state index is -0.993. The maximum Gasteiger partial charge on any atom is 0.317 e. The summed E-state index contributed by atoms with van der Waals surface area (Å²) in [6, 6.07) is 19.3. The number of carbonyl (C=O) groups excluding carboxylic acids is 1. The molecular weight excluding hydrogens is 538 g/mol. The minimum Gasteiger partial charge on any atom is -0.402 e. The average Bonchev–Trinajstić information content (AvgIpc) is 3.35. The summed E-state index contributed by atoms with van der Waals surface area (Å²) >= 11 is 3.50. The molecule has 1 amide bonds. The SMILES string of the molecule is O=C1Nc2ccccc2C(c2ccccc2)=NC1Nc1nnc(-c2ncc(Br)cc2N2CCOCC2)o1. The van der Waals surface area contributed by atoms with Crippen LogP contribution in [0.25, 0.3) is 11.6 Å². The lowest BCUT2D eigenvalue weighted by atomic mass is 10.0. The second-order valence-electron chi connectivity index (χ2n) is 8.46. The molecule has 0 aliphatic carbocycles. The number of nitrogens with one attached hydrogen (secondary N) is 2. The van der Waals surface area contributed by atoms with Gasteiger partial charge in [-0.15, -0.1) is 5.10 Å². The third-order valence-electron chi connectivity index (χ3n) is 6.07. The number of para-hydroxylation sites is 1. The lowest BCUT2D eigenvalue weighted by Gasteiger charge is -2.29. The first kappa shape index (κ1) is 23.3. The Morgan fingerprint density at radius 3 is 2.65 bits per heavy atom. The van der Waals surface area contributed by atoms with Crippen LogP contribution in [-0.4, -0.2) is 59.3 Å². The molecule has 10 nitrogen and oxygen atoms in total. The summed E-state index contributed by atoms with van der Waals surface area (Å²) in [5.74, 6) is -0.102. The third-order valence-corrected chi connectivity index (χ3v) is 6.50. The first-order chi connectivity index (χ1) is 18.2. The number of carbonyl (C=O) groups is 1. The van der Waals surface area contributed by atoms with Gasteiger partial charge in [0.2, 0.25) is 6.17 Å². The molecule has 0 spiro atoms. The molecule has 6 rings (SSSR count). The van der Waals surface area contributed by atoms with E-state index in [0.29, 0.717) is 30.3 Å². The van der Waals surface area contributed by atoms with Gasteiger partial charge in [0.15, 0.2) is 5.69 Å². The van der Waals surface area contributed by atoms with E-state index in [2.05, 4.69) is 46.6 Å². The molecule has 1 saturated heterocycles. The standard InChI is InChI=1S/C26H22BrN7O3/c27-17-14-20(34-10-12-36-13-11-34)22(28-15-17)25-32-33-26(37-25)31-23-24(35)29-19-9-5-4-8-18(19)21(30-23)16-6-2-1-3-7-16/h1-9,14-15,23H,10-13H2,(H,29,35)(H,31,33). The van der Waals surface area contributed by atoms with E-state index < -0.39 is 6.17 Å². The number of aliphatic imine (C=N–C) groups is 1. The number of rotatable bonds is 5.